The Morgan fingerprint density at radius 3 is 2.54 bits per heavy atom. The van der Waals surface area contributed by atoms with Crippen molar-refractivity contribution in [2.75, 3.05) is 6.61 Å². The zero-order chi connectivity index (χ0) is 9.84. The summed E-state index contributed by atoms with van der Waals surface area (Å²) in [6, 6.07) is 4.29. The van der Waals surface area contributed by atoms with Crippen LogP contribution in [0.2, 0.25) is 0 Å². The maximum atomic E-state index is 9.54. The molecule has 72 valence electrons. The van der Waals surface area contributed by atoms with Crippen molar-refractivity contribution in [3.8, 4) is 5.75 Å². The molecule has 0 spiro atoms. The van der Waals surface area contributed by atoms with Crippen LogP contribution in [0.4, 0.5) is 0 Å². The summed E-state index contributed by atoms with van der Waals surface area (Å²) in [6.45, 7) is -0.472. The van der Waals surface area contributed by atoms with Gasteiger partial charge in [0.05, 0.1) is 19.3 Å². The molecule has 0 saturated carbocycles. The molecule has 0 aliphatic heterocycles. The molecule has 4 nitrogen and oxygen atoms in total. The predicted octanol–water partition coefficient (Wildman–Crippen LogP) is -0.123. The van der Waals surface area contributed by atoms with E-state index in [2.05, 4.69) is 0 Å². The van der Waals surface area contributed by atoms with E-state index in [0.717, 1.165) is 0 Å². The van der Waals surface area contributed by atoms with Crippen LogP contribution in [0.3, 0.4) is 0 Å². The number of hydrogen-bond acceptors (Lipinski definition) is 4. The minimum atomic E-state index is -0.605. The molecule has 0 fully saturated rings. The number of para-hydroxylation sites is 1. The van der Waals surface area contributed by atoms with E-state index < -0.39 is 6.04 Å². The molecule has 4 heteroatoms. The number of phenols is 1. The van der Waals surface area contributed by atoms with Gasteiger partial charge < -0.3 is 21.1 Å². The summed E-state index contributed by atoms with van der Waals surface area (Å²) >= 11 is 0. The van der Waals surface area contributed by atoms with Crippen LogP contribution in [0.5, 0.6) is 5.75 Å². The highest BCUT2D eigenvalue weighted by Gasteiger charge is 2.11. The zero-order valence-electron chi connectivity index (χ0n) is 7.14. The zero-order valence-corrected chi connectivity index (χ0v) is 7.14. The van der Waals surface area contributed by atoms with Crippen molar-refractivity contribution in [1.82, 2.24) is 0 Å². The molecule has 0 bridgehead atoms. The lowest BCUT2D eigenvalue weighted by molar-refractivity contribution is 0.260. The Morgan fingerprint density at radius 1 is 1.31 bits per heavy atom. The molecule has 13 heavy (non-hydrogen) atoms. The van der Waals surface area contributed by atoms with Gasteiger partial charge in [0.25, 0.3) is 0 Å². The molecule has 0 aliphatic carbocycles. The number of aliphatic hydroxyl groups is 2. The van der Waals surface area contributed by atoms with Crippen molar-refractivity contribution in [2.24, 2.45) is 5.73 Å². The van der Waals surface area contributed by atoms with Gasteiger partial charge in [0.15, 0.2) is 0 Å². The minimum Gasteiger partial charge on any atom is -0.507 e. The standard InChI is InChI=1S/C9H13NO3/c10-8(5-12)7-3-1-2-6(4-11)9(7)13/h1-3,8,11-13H,4-5,10H2/t8-/m1/s1. The van der Waals surface area contributed by atoms with Gasteiger partial charge in [0.2, 0.25) is 0 Å². The Balaban J connectivity index is 3.08. The first kappa shape index (κ1) is 9.98. The fourth-order valence-electron chi connectivity index (χ4n) is 1.14. The fourth-order valence-corrected chi connectivity index (χ4v) is 1.14. The molecule has 0 aliphatic rings. The number of nitrogens with two attached hydrogens (primary N) is 1. The Hall–Kier alpha value is -1.10. The van der Waals surface area contributed by atoms with Gasteiger partial charge in [0, 0.05) is 11.1 Å². The number of rotatable bonds is 3. The van der Waals surface area contributed by atoms with E-state index in [0.29, 0.717) is 11.1 Å². The second-order valence-electron chi connectivity index (χ2n) is 2.80. The Kier molecular flexibility index (Phi) is 3.25. The Labute approximate surface area is 76.2 Å². The van der Waals surface area contributed by atoms with Crippen LogP contribution in [0, 0.1) is 0 Å². The second-order valence-corrected chi connectivity index (χ2v) is 2.80. The van der Waals surface area contributed by atoms with E-state index in [1.54, 1.807) is 18.2 Å². The molecule has 0 heterocycles. The average molecular weight is 183 g/mol. The molecule has 1 aromatic rings. The van der Waals surface area contributed by atoms with Crippen LogP contribution < -0.4 is 5.73 Å². The van der Waals surface area contributed by atoms with Crippen LogP contribution in [0.15, 0.2) is 18.2 Å². The first-order valence-corrected chi connectivity index (χ1v) is 3.98. The number of aliphatic hydroxyl groups excluding tert-OH is 2. The van der Waals surface area contributed by atoms with E-state index in [1.807, 2.05) is 0 Å². The number of benzene rings is 1. The summed E-state index contributed by atoms with van der Waals surface area (Å²) in [6.07, 6.45) is 0. The van der Waals surface area contributed by atoms with E-state index in [9.17, 15) is 5.11 Å². The largest absolute Gasteiger partial charge is 0.507 e. The summed E-state index contributed by atoms with van der Waals surface area (Å²) in [5, 5.41) is 27.2. The van der Waals surface area contributed by atoms with Crippen molar-refractivity contribution in [3.63, 3.8) is 0 Å². The van der Waals surface area contributed by atoms with Gasteiger partial charge in [-0.3, -0.25) is 0 Å². The molecule has 1 rings (SSSR count). The lowest BCUT2D eigenvalue weighted by Gasteiger charge is -2.12. The van der Waals surface area contributed by atoms with E-state index in [-0.39, 0.29) is 19.0 Å². The summed E-state index contributed by atoms with van der Waals surface area (Å²) in [7, 11) is 0. The van der Waals surface area contributed by atoms with Crippen LogP contribution in [-0.4, -0.2) is 21.9 Å². The molecule has 1 aromatic carbocycles. The lowest BCUT2D eigenvalue weighted by atomic mass is 10.0. The third-order valence-electron chi connectivity index (χ3n) is 1.92. The molecule has 5 N–H and O–H groups in total. The smallest absolute Gasteiger partial charge is 0.125 e. The van der Waals surface area contributed by atoms with Crippen LogP contribution in [0.25, 0.3) is 0 Å². The first-order chi connectivity index (χ1) is 6.20. The Bertz CT molecular complexity index is 288. The Morgan fingerprint density at radius 2 is 2.00 bits per heavy atom. The van der Waals surface area contributed by atoms with Crippen molar-refractivity contribution in [3.05, 3.63) is 29.3 Å². The van der Waals surface area contributed by atoms with E-state index in [1.165, 1.54) is 0 Å². The SMILES string of the molecule is N[C@H](CO)c1cccc(CO)c1O. The highest BCUT2D eigenvalue weighted by Crippen LogP contribution is 2.26. The first-order valence-electron chi connectivity index (χ1n) is 3.98. The van der Waals surface area contributed by atoms with Crippen molar-refractivity contribution >= 4 is 0 Å². The summed E-state index contributed by atoms with van der Waals surface area (Å²) < 4.78 is 0. The second kappa shape index (κ2) is 4.23. The summed E-state index contributed by atoms with van der Waals surface area (Å²) in [5.74, 6) is -0.0356. The van der Waals surface area contributed by atoms with Gasteiger partial charge in [-0.1, -0.05) is 18.2 Å². The summed E-state index contributed by atoms with van der Waals surface area (Å²) in [4.78, 5) is 0. The third-order valence-corrected chi connectivity index (χ3v) is 1.92. The molecule has 0 radical (unpaired) electrons. The fraction of sp³-hybridized carbons (Fsp3) is 0.333. The van der Waals surface area contributed by atoms with Gasteiger partial charge in [-0.2, -0.15) is 0 Å². The van der Waals surface area contributed by atoms with Crippen LogP contribution >= 0.6 is 0 Å². The van der Waals surface area contributed by atoms with Gasteiger partial charge in [0.1, 0.15) is 5.75 Å². The topological polar surface area (TPSA) is 86.7 Å². The molecule has 0 amide bonds. The molecular weight excluding hydrogens is 170 g/mol. The highest BCUT2D eigenvalue weighted by molar-refractivity contribution is 5.41. The minimum absolute atomic E-state index is 0.0356. The quantitative estimate of drug-likeness (QED) is 0.526. The number of hydrogen-bond donors (Lipinski definition) is 4. The maximum absolute atomic E-state index is 9.54. The summed E-state index contributed by atoms with van der Waals surface area (Å²) in [5.41, 5.74) is 6.40. The molecule has 1 atom stereocenters. The van der Waals surface area contributed by atoms with Crippen molar-refractivity contribution < 1.29 is 15.3 Å². The molecular formula is C9H13NO3. The van der Waals surface area contributed by atoms with Crippen molar-refractivity contribution in [2.45, 2.75) is 12.6 Å². The van der Waals surface area contributed by atoms with Crippen LogP contribution in [-0.2, 0) is 6.61 Å². The van der Waals surface area contributed by atoms with Crippen molar-refractivity contribution in [1.29, 1.82) is 0 Å². The monoisotopic (exact) mass is 183 g/mol. The van der Waals surface area contributed by atoms with Gasteiger partial charge >= 0.3 is 0 Å². The van der Waals surface area contributed by atoms with Gasteiger partial charge in [-0.25, -0.2) is 0 Å². The molecule has 0 aromatic heterocycles. The van der Waals surface area contributed by atoms with Gasteiger partial charge in [-0.05, 0) is 0 Å². The lowest BCUT2D eigenvalue weighted by Crippen LogP contribution is -2.14. The number of aromatic hydroxyl groups is 1. The highest BCUT2D eigenvalue weighted by atomic mass is 16.3. The molecule has 0 saturated heterocycles. The molecule has 0 unspecified atom stereocenters. The maximum Gasteiger partial charge on any atom is 0.125 e. The van der Waals surface area contributed by atoms with Crippen LogP contribution in [0.1, 0.15) is 17.2 Å². The third kappa shape index (κ3) is 1.98. The normalized spacial score (nSPS) is 12.8. The van der Waals surface area contributed by atoms with E-state index in [4.69, 9.17) is 15.9 Å². The average Bonchev–Trinajstić information content (AvgIpc) is 2.17. The van der Waals surface area contributed by atoms with Gasteiger partial charge in [-0.15, -0.1) is 0 Å². The predicted molar refractivity (Wildman–Crippen MR) is 48.0 cm³/mol. The van der Waals surface area contributed by atoms with E-state index >= 15 is 0 Å².